The van der Waals surface area contributed by atoms with Crippen molar-refractivity contribution in [1.29, 1.82) is 0 Å². The van der Waals surface area contributed by atoms with Gasteiger partial charge >= 0.3 is 35.5 Å². The van der Waals surface area contributed by atoms with Gasteiger partial charge in [-0.1, -0.05) is 12.1 Å². The van der Waals surface area contributed by atoms with Crippen molar-refractivity contribution < 1.29 is 40.9 Å². The van der Waals surface area contributed by atoms with Crippen LogP contribution in [0.25, 0.3) is 0 Å². The number of hydrogen-bond acceptors (Lipinski definition) is 3. The molecule has 0 saturated carbocycles. The van der Waals surface area contributed by atoms with E-state index in [1.54, 1.807) is 0 Å². The Hall–Kier alpha value is 0.0300. The predicted octanol–water partition coefficient (Wildman–Crippen LogP) is -0.958. The molecular weight excluding hydrogens is 310 g/mol. The number of rotatable bonds is 8. The SMILES string of the molecule is NC(Cc1ccc(N(CCCl)CCCl)cc1)C(=O)O.[H-].[Na+]. The van der Waals surface area contributed by atoms with E-state index in [0.29, 0.717) is 18.2 Å². The van der Waals surface area contributed by atoms with Crippen LogP contribution in [-0.4, -0.2) is 42.0 Å². The molecule has 20 heavy (non-hydrogen) atoms. The molecule has 7 heteroatoms. The van der Waals surface area contributed by atoms with Crippen LogP contribution in [0.3, 0.4) is 0 Å². The average Bonchev–Trinajstić information content (AvgIpc) is 2.39. The Morgan fingerprint density at radius 2 is 1.75 bits per heavy atom. The average molecular weight is 329 g/mol. The summed E-state index contributed by atoms with van der Waals surface area (Å²) in [6, 6.07) is 6.76. The molecule has 0 bridgehead atoms. The maximum atomic E-state index is 10.7. The van der Waals surface area contributed by atoms with Gasteiger partial charge in [0, 0.05) is 30.5 Å². The molecule has 108 valence electrons. The Labute approximate surface area is 153 Å². The predicted molar refractivity (Wildman–Crippen MR) is 80.5 cm³/mol. The van der Waals surface area contributed by atoms with Crippen molar-refractivity contribution in [2.75, 3.05) is 29.7 Å². The molecule has 0 amide bonds. The maximum absolute atomic E-state index is 10.7. The number of benzene rings is 1. The molecule has 0 aromatic heterocycles. The Balaban J connectivity index is 0. The second-order valence-electron chi connectivity index (χ2n) is 4.18. The molecule has 1 atom stereocenters. The topological polar surface area (TPSA) is 66.6 Å². The van der Waals surface area contributed by atoms with Crippen molar-refractivity contribution in [3.05, 3.63) is 29.8 Å². The minimum atomic E-state index is -0.991. The van der Waals surface area contributed by atoms with Crippen LogP contribution in [-0.2, 0) is 11.2 Å². The van der Waals surface area contributed by atoms with Crippen LogP contribution in [0.15, 0.2) is 24.3 Å². The molecule has 0 fully saturated rings. The fourth-order valence-corrected chi connectivity index (χ4v) is 2.17. The van der Waals surface area contributed by atoms with Crippen molar-refractivity contribution in [3.8, 4) is 0 Å². The van der Waals surface area contributed by atoms with Crippen molar-refractivity contribution in [3.63, 3.8) is 0 Å². The first-order valence-corrected chi connectivity index (χ1v) is 7.09. The summed E-state index contributed by atoms with van der Waals surface area (Å²) >= 11 is 11.5. The Morgan fingerprint density at radius 1 is 1.25 bits per heavy atom. The molecule has 0 heterocycles. The van der Waals surface area contributed by atoms with Gasteiger partial charge < -0.3 is 17.2 Å². The van der Waals surface area contributed by atoms with Gasteiger partial charge in [0.15, 0.2) is 0 Å². The van der Waals surface area contributed by atoms with Crippen molar-refractivity contribution in [1.82, 2.24) is 0 Å². The molecule has 0 radical (unpaired) electrons. The Bertz CT molecular complexity index is 404. The summed E-state index contributed by atoms with van der Waals surface area (Å²) in [7, 11) is 0. The van der Waals surface area contributed by atoms with E-state index in [1.165, 1.54) is 0 Å². The van der Waals surface area contributed by atoms with Crippen LogP contribution in [0, 0.1) is 0 Å². The molecule has 4 nitrogen and oxygen atoms in total. The van der Waals surface area contributed by atoms with E-state index in [4.69, 9.17) is 34.0 Å². The van der Waals surface area contributed by atoms with Crippen molar-refractivity contribution >= 4 is 34.9 Å². The normalized spacial score (nSPS) is 11.6. The number of carbonyl (C=O) groups is 1. The fourth-order valence-electron chi connectivity index (χ4n) is 1.76. The molecule has 0 aliphatic rings. The third-order valence-electron chi connectivity index (χ3n) is 2.78. The molecule has 1 unspecified atom stereocenters. The number of nitrogens with zero attached hydrogens (tertiary/aromatic N) is 1. The number of anilines is 1. The first kappa shape index (κ1) is 20.0. The van der Waals surface area contributed by atoms with Gasteiger partial charge in [0.05, 0.1) is 0 Å². The summed E-state index contributed by atoms with van der Waals surface area (Å²) in [6.07, 6.45) is 0.320. The molecular formula is C13H19Cl2N2NaO2. The van der Waals surface area contributed by atoms with Gasteiger partial charge in [-0.05, 0) is 24.1 Å². The summed E-state index contributed by atoms with van der Waals surface area (Å²) in [6.45, 7) is 1.45. The molecule has 0 aliphatic carbocycles. The Kier molecular flexibility index (Phi) is 10.7. The monoisotopic (exact) mass is 328 g/mol. The van der Waals surface area contributed by atoms with Crippen molar-refractivity contribution in [2.45, 2.75) is 12.5 Å². The molecule has 1 aromatic carbocycles. The summed E-state index contributed by atoms with van der Waals surface area (Å²) in [5, 5.41) is 8.76. The number of alkyl halides is 2. The molecule has 3 N–H and O–H groups in total. The number of aliphatic carboxylic acids is 1. The summed E-state index contributed by atoms with van der Waals surface area (Å²) in [5.41, 5.74) is 7.42. The minimum absolute atomic E-state index is 0. The number of carboxylic acid groups (broad SMARTS) is 1. The minimum Gasteiger partial charge on any atom is -1.00 e. The third kappa shape index (κ3) is 6.66. The Morgan fingerprint density at radius 3 is 2.15 bits per heavy atom. The first-order valence-electron chi connectivity index (χ1n) is 6.02. The first-order chi connectivity index (χ1) is 9.08. The van der Waals surface area contributed by atoms with E-state index in [9.17, 15) is 4.79 Å². The van der Waals surface area contributed by atoms with Gasteiger partial charge in [0.2, 0.25) is 0 Å². The quantitative estimate of drug-likeness (QED) is 0.476. The van der Waals surface area contributed by atoms with Gasteiger partial charge in [0.1, 0.15) is 6.04 Å². The smallest absolute Gasteiger partial charge is 1.00 e. The van der Waals surface area contributed by atoms with Crippen LogP contribution in [0.4, 0.5) is 5.69 Å². The zero-order chi connectivity index (χ0) is 14.3. The van der Waals surface area contributed by atoms with Gasteiger partial charge in [-0.15, -0.1) is 23.2 Å². The zero-order valence-corrected chi connectivity index (χ0v) is 15.1. The van der Waals surface area contributed by atoms with E-state index in [1.807, 2.05) is 24.3 Å². The molecule has 0 saturated heterocycles. The van der Waals surface area contributed by atoms with E-state index in [2.05, 4.69) is 4.90 Å². The van der Waals surface area contributed by atoms with E-state index >= 15 is 0 Å². The number of hydrogen-bond donors (Lipinski definition) is 2. The maximum Gasteiger partial charge on any atom is 1.00 e. The second kappa shape index (κ2) is 10.7. The largest absolute Gasteiger partial charge is 1.00 e. The van der Waals surface area contributed by atoms with Crippen LogP contribution in [0.2, 0.25) is 0 Å². The molecule has 1 rings (SSSR count). The molecule has 0 spiro atoms. The van der Waals surface area contributed by atoms with Crippen LogP contribution in [0.1, 0.15) is 6.99 Å². The van der Waals surface area contributed by atoms with Gasteiger partial charge in [-0.2, -0.15) is 0 Å². The van der Waals surface area contributed by atoms with Crippen LogP contribution < -0.4 is 40.2 Å². The molecule has 0 aliphatic heterocycles. The van der Waals surface area contributed by atoms with Gasteiger partial charge in [0.25, 0.3) is 0 Å². The number of halogens is 2. The van der Waals surface area contributed by atoms with E-state index in [0.717, 1.165) is 24.3 Å². The van der Waals surface area contributed by atoms with Crippen LogP contribution >= 0.6 is 23.2 Å². The second-order valence-corrected chi connectivity index (χ2v) is 4.94. The van der Waals surface area contributed by atoms with Crippen LogP contribution in [0.5, 0.6) is 0 Å². The summed E-state index contributed by atoms with van der Waals surface area (Å²) < 4.78 is 0. The fraction of sp³-hybridized carbons (Fsp3) is 0.462. The zero-order valence-electron chi connectivity index (χ0n) is 12.6. The third-order valence-corrected chi connectivity index (χ3v) is 3.12. The summed E-state index contributed by atoms with van der Waals surface area (Å²) in [5.74, 6) is 0.0698. The van der Waals surface area contributed by atoms with Crippen molar-refractivity contribution in [2.24, 2.45) is 5.73 Å². The summed E-state index contributed by atoms with van der Waals surface area (Å²) in [4.78, 5) is 12.8. The standard InChI is InChI=1S/C13H18Cl2N2O2.Na.H/c14-5-7-17(8-6-15)11-3-1-10(2-4-11)9-12(16)13(18)19;;/h1-4,12H,5-9,16H2,(H,18,19);;/q;+1;-1. The number of carboxylic acids is 1. The van der Waals surface area contributed by atoms with E-state index < -0.39 is 12.0 Å². The number of nitrogens with two attached hydrogens (primary N) is 1. The van der Waals surface area contributed by atoms with Gasteiger partial charge in [-0.25, -0.2) is 0 Å². The molecule has 1 aromatic rings. The van der Waals surface area contributed by atoms with Gasteiger partial charge in [-0.3, -0.25) is 4.79 Å². The van der Waals surface area contributed by atoms with E-state index in [-0.39, 0.29) is 31.0 Å².